The molecular formula is C17H20N4O3S. The van der Waals surface area contributed by atoms with Crippen LogP contribution in [0.15, 0.2) is 41.6 Å². The predicted octanol–water partition coefficient (Wildman–Crippen LogP) is 1.68. The maximum Gasteiger partial charge on any atom is 0.247 e. The monoisotopic (exact) mass is 360 g/mol. The first-order valence-electron chi connectivity index (χ1n) is 8.39. The van der Waals surface area contributed by atoms with Gasteiger partial charge in [0.25, 0.3) is 0 Å². The van der Waals surface area contributed by atoms with Gasteiger partial charge in [0.05, 0.1) is 6.04 Å². The Hall–Kier alpha value is -2.19. The topological polar surface area (TPSA) is 84.4 Å². The normalized spacial score (nSPS) is 24.7. The molecule has 0 amide bonds. The van der Waals surface area contributed by atoms with Crippen molar-refractivity contribution in [2.45, 2.75) is 36.7 Å². The van der Waals surface area contributed by atoms with E-state index in [1.807, 2.05) is 6.92 Å². The number of nitrogens with one attached hydrogen (secondary N) is 1. The maximum absolute atomic E-state index is 13.0. The summed E-state index contributed by atoms with van der Waals surface area (Å²) in [6, 6.07) is 6.57. The number of benzene rings is 1. The molecule has 25 heavy (non-hydrogen) atoms. The lowest BCUT2D eigenvalue weighted by Crippen LogP contribution is -2.37. The maximum atomic E-state index is 13.0. The number of nitrogens with zero attached hydrogens (tertiary/aromatic N) is 3. The van der Waals surface area contributed by atoms with E-state index in [0.29, 0.717) is 31.3 Å². The smallest absolute Gasteiger partial charge is 0.247 e. The van der Waals surface area contributed by atoms with Crippen LogP contribution in [0.2, 0.25) is 0 Å². The van der Waals surface area contributed by atoms with Gasteiger partial charge in [0.1, 0.15) is 17.3 Å². The summed E-state index contributed by atoms with van der Waals surface area (Å²) in [6.45, 7) is 2.78. The molecule has 0 bridgehead atoms. The lowest BCUT2D eigenvalue weighted by molar-refractivity contribution is 0.240. The van der Waals surface area contributed by atoms with Crippen molar-refractivity contribution in [1.82, 2.24) is 14.3 Å². The molecule has 4 rings (SSSR count). The summed E-state index contributed by atoms with van der Waals surface area (Å²) in [4.78, 5) is 8.84. The van der Waals surface area contributed by atoms with Gasteiger partial charge in [-0.1, -0.05) is 19.1 Å². The summed E-state index contributed by atoms with van der Waals surface area (Å²) >= 11 is 0. The SMILES string of the molecule is CCc1cnc(N[C@H]2C[C@H]3COc4ccccc4S(=O)(=O)N3C2)nc1. The number of rotatable bonds is 3. The highest BCUT2D eigenvalue weighted by Crippen LogP contribution is 2.35. The second kappa shape index (κ2) is 6.27. The van der Waals surface area contributed by atoms with Crippen LogP contribution in [-0.4, -0.2) is 47.9 Å². The minimum atomic E-state index is -3.56. The van der Waals surface area contributed by atoms with Crippen molar-refractivity contribution in [2.75, 3.05) is 18.5 Å². The molecule has 1 aromatic heterocycles. The van der Waals surface area contributed by atoms with Crippen LogP contribution in [0.3, 0.4) is 0 Å². The van der Waals surface area contributed by atoms with E-state index in [9.17, 15) is 8.42 Å². The highest BCUT2D eigenvalue weighted by atomic mass is 32.2. The standard InChI is InChI=1S/C17H20N4O3S/c1-2-12-8-18-17(19-9-12)20-13-7-14-11-24-15-5-3-4-6-16(15)25(22,23)21(14)10-13/h3-6,8-9,13-14H,2,7,10-11H2,1H3,(H,18,19,20)/t13-,14-/m0/s1. The Kier molecular flexibility index (Phi) is 4.09. The number of aromatic nitrogens is 2. The highest BCUT2D eigenvalue weighted by molar-refractivity contribution is 7.89. The Morgan fingerprint density at radius 1 is 1.28 bits per heavy atom. The first-order chi connectivity index (χ1) is 12.1. The number of hydrogen-bond donors (Lipinski definition) is 1. The van der Waals surface area contributed by atoms with Crippen LogP contribution in [0, 0.1) is 0 Å². The van der Waals surface area contributed by atoms with E-state index in [0.717, 1.165) is 12.0 Å². The number of aryl methyl sites for hydroxylation is 1. The van der Waals surface area contributed by atoms with Crippen LogP contribution in [-0.2, 0) is 16.4 Å². The summed E-state index contributed by atoms with van der Waals surface area (Å²) in [6.07, 6.45) is 5.12. The third-order valence-corrected chi connectivity index (χ3v) is 6.64. The first kappa shape index (κ1) is 16.3. The lowest BCUT2D eigenvalue weighted by Gasteiger charge is -2.19. The molecule has 7 nitrogen and oxygen atoms in total. The molecule has 2 aliphatic heterocycles. The average molecular weight is 360 g/mol. The number of ether oxygens (including phenoxy) is 1. The Bertz CT molecular complexity index is 870. The zero-order chi connectivity index (χ0) is 17.4. The van der Waals surface area contributed by atoms with E-state index in [2.05, 4.69) is 15.3 Å². The van der Waals surface area contributed by atoms with E-state index in [1.54, 1.807) is 36.7 Å². The molecule has 2 aliphatic rings. The van der Waals surface area contributed by atoms with Crippen molar-refractivity contribution in [3.63, 3.8) is 0 Å². The lowest BCUT2D eigenvalue weighted by atomic mass is 10.2. The average Bonchev–Trinajstić information content (AvgIpc) is 3.00. The van der Waals surface area contributed by atoms with E-state index < -0.39 is 10.0 Å². The van der Waals surface area contributed by atoms with E-state index in [-0.39, 0.29) is 17.0 Å². The molecule has 0 radical (unpaired) electrons. The van der Waals surface area contributed by atoms with Crippen LogP contribution in [0.5, 0.6) is 5.75 Å². The molecule has 1 fully saturated rings. The van der Waals surface area contributed by atoms with Crippen LogP contribution in [0.1, 0.15) is 18.9 Å². The zero-order valence-corrected chi connectivity index (χ0v) is 14.7. The number of para-hydroxylation sites is 1. The van der Waals surface area contributed by atoms with Gasteiger partial charge in [-0.05, 0) is 30.5 Å². The second-order valence-corrected chi connectivity index (χ2v) is 8.19. The number of hydrogen-bond acceptors (Lipinski definition) is 6. The summed E-state index contributed by atoms with van der Waals surface area (Å²) in [5, 5.41) is 3.25. The summed E-state index contributed by atoms with van der Waals surface area (Å²) in [5.41, 5.74) is 1.07. The van der Waals surface area contributed by atoms with Gasteiger partial charge in [-0.2, -0.15) is 4.31 Å². The van der Waals surface area contributed by atoms with Crippen LogP contribution >= 0.6 is 0 Å². The molecule has 2 aromatic rings. The third-order valence-electron chi connectivity index (χ3n) is 4.68. The predicted molar refractivity (Wildman–Crippen MR) is 93.1 cm³/mol. The molecular weight excluding hydrogens is 340 g/mol. The van der Waals surface area contributed by atoms with Crippen LogP contribution in [0.4, 0.5) is 5.95 Å². The molecule has 0 unspecified atom stereocenters. The Balaban J connectivity index is 1.55. The zero-order valence-electron chi connectivity index (χ0n) is 13.9. The van der Waals surface area contributed by atoms with Gasteiger partial charge in [-0.15, -0.1) is 0 Å². The Morgan fingerprint density at radius 3 is 2.80 bits per heavy atom. The van der Waals surface area contributed by atoms with Gasteiger partial charge in [0.2, 0.25) is 16.0 Å². The largest absolute Gasteiger partial charge is 0.490 e. The van der Waals surface area contributed by atoms with Gasteiger partial charge in [0, 0.05) is 25.0 Å². The van der Waals surface area contributed by atoms with Gasteiger partial charge < -0.3 is 10.1 Å². The molecule has 3 heterocycles. The van der Waals surface area contributed by atoms with Crippen LogP contribution in [0.25, 0.3) is 0 Å². The van der Waals surface area contributed by atoms with Gasteiger partial charge >= 0.3 is 0 Å². The van der Waals surface area contributed by atoms with Crippen molar-refractivity contribution >= 4 is 16.0 Å². The van der Waals surface area contributed by atoms with E-state index in [4.69, 9.17) is 4.74 Å². The summed E-state index contributed by atoms with van der Waals surface area (Å²) < 4.78 is 33.2. The van der Waals surface area contributed by atoms with Gasteiger partial charge in [-0.3, -0.25) is 0 Å². The fourth-order valence-electron chi connectivity index (χ4n) is 3.33. The number of sulfonamides is 1. The van der Waals surface area contributed by atoms with Crippen molar-refractivity contribution in [2.24, 2.45) is 0 Å². The van der Waals surface area contributed by atoms with Crippen molar-refractivity contribution in [3.8, 4) is 5.75 Å². The molecule has 1 saturated heterocycles. The molecule has 0 aliphatic carbocycles. The quantitative estimate of drug-likeness (QED) is 0.896. The number of fused-ring (bicyclic) bond motifs is 2. The Labute approximate surface area is 147 Å². The molecule has 1 N–H and O–H groups in total. The molecule has 0 saturated carbocycles. The molecule has 0 spiro atoms. The van der Waals surface area contributed by atoms with Crippen LogP contribution < -0.4 is 10.1 Å². The van der Waals surface area contributed by atoms with E-state index in [1.165, 1.54) is 4.31 Å². The molecule has 2 atom stereocenters. The van der Waals surface area contributed by atoms with Gasteiger partial charge in [-0.25, -0.2) is 18.4 Å². The minimum absolute atomic E-state index is 0.0406. The fraction of sp³-hybridized carbons (Fsp3) is 0.412. The fourth-order valence-corrected chi connectivity index (χ4v) is 5.13. The van der Waals surface area contributed by atoms with Gasteiger partial charge in [0.15, 0.2) is 0 Å². The minimum Gasteiger partial charge on any atom is -0.490 e. The third kappa shape index (κ3) is 2.96. The summed E-state index contributed by atoms with van der Waals surface area (Å²) in [5.74, 6) is 0.957. The molecule has 8 heteroatoms. The second-order valence-electron chi connectivity index (χ2n) is 6.33. The highest BCUT2D eigenvalue weighted by Gasteiger charge is 2.43. The summed E-state index contributed by atoms with van der Waals surface area (Å²) in [7, 11) is -3.56. The van der Waals surface area contributed by atoms with E-state index >= 15 is 0 Å². The Morgan fingerprint density at radius 2 is 2.04 bits per heavy atom. The molecule has 1 aromatic carbocycles. The van der Waals surface area contributed by atoms with Crippen molar-refractivity contribution < 1.29 is 13.2 Å². The van der Waals surface area contributed by atoms with Crippen molar-refractivity contribution in [1.29, 1.82) is 0 Å². The van der Waals surface area contributed by atoms with Crippen molar-refractivity contribution in [3.05, 3.63) is 42.2 Å². The molecule has 132 valence electrons. The number of anilines is 1. The first-order valence-corrected chi connectivity index (χ1v) is 9.83.